The first-order chi connectivity index (χ1) is 12.1. The van der Waals surface area contributed by atoms with Crippen molar-refractivity contribution in [2.24, 2.45) is 5.92 Å². The maximum absolute atomic E-state index is 12.4. The van der Waals surface area contributed by atoms with Crippen molar-refractivity contribution in [3.05, 3.63) is 18.2 Å². The molecule has 0 saturated carbocycles. The van der Waals surface area contributed by atoms with Crippen LogP contribution in [0.25, 0.3) is 0 Å². The number of nitrogens with one attached hydrogen (secondary N) is 1. The number of rotatable bonds is 7. The van der Waals surface area contributed by atoms with Gasteiger partial charge in [0.25, 0.3) is 0 Å². The molecular weight excluding hydrogens is 324 g/mol. The number of nitrogens with zero attached hydrogens (tertiary/aromatic N) is 1. The summed E-state index contributed by atoms with van der Waals surface area (Å²) in [5.41, 5.74) is 0.561. The Morgan fingerprint density at radius 1 is 1.28 bits per heavy atom. The fourth-order valence-corrected chi connectivity index (χ4v) is 2.96. The molecule has 1 aliphatic heterocycles. The fourth-order valence-electron chi connectivity index (χ4n) is 2.96. The van der Waals surface area contributed by atoms with Crippen molar-refractivity contribution in [2.75, 3.05) is 45.8 Å². The molecule has 2 rings (SSSR count). The second kappa shape index (κ2) is 9.27. The molecule has 1 saturated heterocycles. The summed E-state index contributed by atoms with van der Waals surface area (Å²) in [4.78, 5) is 26.3. The number of amides is 1. The summed E-state index contributed by atoms with van der Waals surface area (Å²) in [6.07, 6.45) is 1.68. The van der Waals surface area contributed by atoms with E-state index in [1.165, 1.54) is 0 Å². The Morgan fingerprint density at radius 3 is 2.76 bits per heavy atom. The molecule has 1 aromatic carbocycles. The van der Waals surface area contributed by atoms with Crippen LogP contribution in [-0.2, 0) is 14.3 Å². The zero-order valence-electron chi connectivity index (χ0n) is 15.0. The Labute approximate surface area is 148 Å². The van der Waals surface area contributed by atoms with Crippen molar-refractivity contribution in [3.8, 4) is 11.5 Å². The van der Waals surface area contributed by atoms with E-state index in [0.717, 1.165) is 19.4 Å². The summed E-state index contributed by atoms with van der Waals surface area (Å²) in [6, 6.07) is 5.23. The zero-order valence-corrected chi connectivity index (χ0v) is 15.0. The van der Waals surface area contributed by atoms with E-state index in [1.807, 2.05) is 4.90 Å². The van der Waals surface area contributed by atoms with Crippen molar-refractivity contribution < 1.29 is 23.8 Å². The van der Waals surface area contributed by atoms with Gasteiger partial charge in [-0.25, -0.2) is 0 Å². The highest BCUT2D eigenvalue weighted by molar-refractivity contribution is 5.94. The first kappa shape index (κ1) is 19.1. The topological polar surface area (TPSA) is 77.1 Å². The van der Waals surface area contributed by atoms with Crippen LogP contribution < -0.4 is 14.8 Å². The lowest BCUT2D eigenvalue weighted by molar-refractivity contribution is -0.150. The van der Waals surface area contributed by atoms with Crippen molar-refractivity contribution >= 4 is 17.6 Å². The molecule has 0 spiro atoms. The molecule has 0 aromatic heterocycles. The molecule has 1 heterocycles. The number of anilines is 1. The monoisotopic (exact) mass is 350 g/mol. The Kier molecular flexibility index (Phi) is 7.06. The van der Waals surface area contributed by atoms with Crippen LogP contribution in [0.3, 0.4) is 0 Å². The number of esters is 1. The van der Waals surface area contributed by atoms with Crippen LogP contribution >= 0.6 is 0 Å². The van der Waals surface area contributed by atoms with E-state index < -0.39 is 0 Å². The molecule has 0 radical (unpaired) electrons. The van der Waals surface area contributed by atoms with Gasteiger partial charge >= 0.3 is 5.97 Å². The number of hydrogen-bond donors (Lipinski definition) is 1. The van der Waals surface area contributed by atoms with Crippen LogP contribution in [0, 0.1) is 5.92 Å². The largest absolute Gasteiger partial charge is 0.497 e. The fraction of sp³-hybridized carbons (Fsp3) is 0.556. The number of benzene rings is 1. The van der Waals surface area contributed by atoms with Gasteiger partial charge in [-0.3, -0.25) is 14.5 Å². The second-order valence-electron chi connectivity index (χ2n) is 5.94. The number of likely N-dealkylation sites (tertiary alicyclic amines) is 1. The SMILES string of the molecule is CCOC(=O)[C@@H]1CCCN(CC(=O)Nc2cc(OC)ccc2OC)C1. The van der Waals surface area contributed by atoms with Crippen molar-refractivity contribution in [1.29, 1.82) is 0 Å². The van der Waals surface area contributed by atoms with Gasteiger partial charge in [-0.05, 0) is 38.4 Å². The minimum Gasteiger partial charge on any atom is -0.497 e. The van der Waals surface area contributed by atoms with Gasteiger partial charge in [-0.15, -0.1) is 0 Å². The van der Waals surface area contributed by atoms with Gasteiger partial charge in [0, 0.05) is 12.6 Å². The Balaban J connectivity index is 1.94. The molecule has 1 fully saturated rings. The molecule has 1 amide bonds. The number of piperidine rings is 1. The van der Waals surface area contributed by atoms with E-state index in [4.69, 9.17) is 14.2 Å². The van der Waals surface area contributed by atoms with Crippen LogP contribution in [0.5, 0.6) is 11.5 Å². The van der Waals surface area contributed by atoms with Gasteiger partial charge in [0.1, 0.15) is 11.5 Å². The molecule has 1 N–H and O–H groups in total. The normalized spacial score (nSPS) is 17.6. The Bertz CT molecular complexity index is 605. The van der Waals surface area contributed by atoms with Gasteiger partial charge in [0.15, 0.2) is 0 Å². The van der Waals surface area contributed by atoms with E-state index in [0.29, 0.717) is 30.3 Å². The predicted molar refractivity (Wildman–Crippen MR) is 94.0 cm³/mol. The average Bonchev–Trinajstić information content (AvgIpc) is 2.62. The molecule has 1 atom stereocenters. The van der Waals surface area contributed by atoms with Crippen LogP contribution in [0.4, 0.5) is 5.69 Å². The second-order valence-corrected chi connectivity index (χ2v) is 5.94. The minimum atomic E-state index is -0.179. The van der Waals surface area contributed by atoms with Crippen molar-refractivity contribution in [3.63, 3.8) is 0 Å². The van der Waals surface area contributed by atoms with Crippen LogP contribution in [0.1, 0.15) is 19.8 Å². The quantitative estimate of drug-likeness (QED) is 0.757. The van der Waals surface area contributed by atoms with E-state index >= 15 is 0 Å². The standard InChI is InChI=1S/C18H26N2O5/c1-4-25-18(22)13-6-5-9-20(11-13)12-17(21)19-15-10-14(23-2)7-8-16(15)24-3/h7-8,10,13H,4-6,9,11-12H2,1-3H3,(H,19,21)/t13-/m1/s1. The van der Waals surface area contributed by atoms with Crippen molar-refractivity contribution in [2.45, 2.75) is 19.8 Å². The van der Waals surface area contributed by atoms with Gasteiger partial charge < -0.3 is 19.5 Å². The maximum Gasteiger partial charge on any atom is 0.310 e. The highest BCUT2D eigenvalue weighted by Crippen LogP contribution is 2.29. The molecule has 138 valence electrons. The molecule has 1 aromatic rings. The maximum atomic E-state index is 12.4. The van der Waals surface area contributed by atoms with E-state index in [2.05, 4.69) is 5.32 Å². The average molecular weight is 350 g/mol. The van der Waals surface area contributed by atoms with Gasteiger partial charge in [0.2, 0.25) is 5.91 Å². The lowest BCUT2D eigenvalue weighted by Crippen LogP contribution is -2.43. The smallest absolute Gasteiger partial charge is 0.310 e. The number of methoxy groups -OCH3 is 2. The molecule has 1 aliphatic rings. The Hall–Kier alpha value is -2.28. The number of ether oxygens (including phenoxy) is 3. The summed E-state index contributed by atoms with van der Waals surface area (Å²) in [5, 5.41) is 2.85. The molecule has 7 heteroatoms. The Morgan fingerprint density at radius 2 is 2.08 bits per heavy atom. The third kappa shape index (κ3) is 5.35. The third-order valence-corrected chi connectivity index (χ3v) is 4.17. The van der Waals surface area contributed by atoms with Gasteiger partial charge in [0.05, 0.1) is 39.0 Å². The van der Waals surface area contributed by atoms with E-state index in [-0.39, 0.29) is 24.3 Å². The van der Waals surface area contributed by atoms with E-state index in [1.54, 1.807) is 39.3 Å². The molecule has 7 nitrogen and oxygen atoms in total. The molecule has 0 aliphatic carbocycles. The lowest BCUT2D eigenvalue weighted by Gasteiger charge is -2.30. The highest BCUT2D eigenvalue weighted by atomic mass is 16.5. The van der Waals surface area contributed by atoms with Crippen LogP contribution in [0.15, 0.2) is 18.2 Å². The summed E-state index contributed by atoms with van der Waals surface area (Å²) < 4.78 is 15.5. The van der Waals surface area contributed by atoms with Gasteiger partial charge in [-0.1, -0.05) is 0 Å². The minimum absolute atomic E-state index is 0.156. The molecule has 0 unspecified atom stereocenters. The van der Waals surface area contributed by atoms with Crippen molar-refractivity contribution in [1.82, 2.24) is 4.90 Å². The highest BCUT2D eigenvalue weighted by Gasteiger charge is 2.27. The lowest BCUT2D eigenvalue weighted by atomic mass is 9.98. The molecule has 0 bridgehead atoms. The molecule has 25 heavy (non-hydrogen) atoms. The predicted octanol–water partition coefficient (Wildman–Crippen LogP) is 1.92. The zero-order chi connectivity index (χ0) is 18.2. The van der Waals surface area contributed by atoms with Gasteiger partial charge in [-0.2, -0.15) is 0 Å². The van der Waals surface area contributed by atoms with Crippen LogP contribution in [0.2, 0.25) is 0 Å². The van der Waals surface area contributed by atoms with Crippen LogP contribution in [-0.4, -0.2) is 57.2 Å². The third-order valence-electron chi connectivity index (χ3n) is 4.17. The first-order valence-electron chi connectivity index (χ1n) is 8.48. The van der Waals surface area contributed by atoms with E-state index in [9.17, 15) is 9.59 Å². The first-order valence-corrected chi connectivity index (χ1v) is 8.48. The number of hydrogen-bond acceptors (Lipinski definition) is 6. The number of carbonyl (C=O) groups is 2. The summed E-state index contributed by atoms with van der Waals surface area (Å²) >= 11 is 0. The summed E-state index contributed by atoms with van der Waals surface area (Å²) in [5.74, 6) is 0.708. The molecular formula is C18H26N2O5. The number of carbonyl (C=O) groups excluding carboxylic acids is 2. The summed E-state index contributed by atoms with van der Waals surface area (Å²) in [6.45, 7) is 3.73. The summed E-state index contributed by atoms with van der Waals surface area (Å²) in [7, 11) is 3.11.